The third-order valence-electron chi connectivity index (χ3n) is 14.5. The lowest BCUT2D eigenvalue weighted by Crippen LogP contribution is -2.52. The molecule has 15 heteroatoms. The maximum atomic E-state index is 14.7. The van der Waals surface area contributed by atoms with Crippen molar-refractivity contribution in [1.29, 1.82) is 0 Å². The molecule has 2 saturated heterocycles. The van der Waals surface area contributed by atoms with Crippen LogP contribution in [0.3, 0.4) is 0 Å². The summed E-state index contributed by atoms with van der Waals surface area (Å²) in [7, 11) is 2.99. The summed E-state index contributed by atoms with van der Waals surface area (Å²) in [6, 6.07) is 28.6. The highest BCUT2D eigenvalue weighted by atomic mass is 16.6. The molecular weight excluding hydrogens is 873 g/mol. The summed E-state index contributed by atoms with van der Waals surface area (Å²) < 4.78 is 16.3. The van der Waals surface area contributed by atoms with E-state index in [9.17, 15) is 19.5 Å². The summed E-state index contributed by atoms with van der Waals surface area (Å²) >= 11 is 0. The van der Waals surface area contributed by atoms with Crippen molar-refractivity contribution in [3.05, 3.63) is 108 Å². The Labute approximate surface area is 401 Å². The standard InChI is InChI=1S/C54H62N8O7/c1-28(2)43(59-52(65)68-8)51(64)62-42(25-38-29(3)47(38)62)49-56-40-21-17-35-24-33(15-19-37(35)46(40)58-49)32-14-18-36-34(23-32)16-20-39-45(36)57-48(55-39)41-22-30(27-67-7)26-61(41)50(63)44(31-12-10-9-11-13-31)60-53(66)69-54(4,5)6/h9-21,23-24,28-30,38,41-44,47,53,60,66H,22,25-27H2,1-8H3,(H,55,57)(H,56,58)(H,59,65)/t29-,30+,38+,41+,42+,43+,44-,47-,53?/m1/s1. The summed E-state index contributed by atoms with van der Waals surface area (Å²) in [4.78, 5) is 62.4. The first-order valence-corrected chi connectivity index (χ1v) is 24.1. The van der Waals surface area contributed by atoms with E-state index in [2.05, 4.69) is 76.1 Å². The van der Waals surface area contributed by atoms with Gasteiger partial charge in [0.05, 0.1) is 53.5 Å². The van der Waals surface area contributed by atoms with Gasteiger partial charge < -0.3 is 44.4 Å². The molecule has 0 radical (unpaired) electrons. The van der Waals surface area contributed by atoms with Crippen molar-refractivity contribution in [2.24, 2.45) is 23.7 Å². The Morgan fingerprint density at radius 2 is 1.42 bits per heavy atom. The Hall–Kier alpha value is -6.39. The highest BCUT2D eigenvalue weighted by Gasteiger charge is 2.61. The van der Waals surface area contributed by atoms with Crippen LogP contribution in [0.2, 0.25) is 0 Å². The van der Waals surface area contributed by atoms with Gasteiger partial charge in [0, 0.05) is 36.4 Å². The minimum absolute atomic E-state index is 0.0839. The van der Waals surface area contributed by atoms with Gasteiger partial charge >= 0.3 is 6.09 Å². The van der Waals surface area contributed by atoms with Crippen molar-refractivity contribution in [3.63, 3.8) is 0 Å². The second-order valence-electron chi connectivity index (χ2n) is 20.6. The fraction of sp³-hybridized carbons (Fsp3) is 0.426. The smallest absolute Gasteiger partial charge is 0.407 e. The predicted octanol–water partition coefficient (Wildman–Crippen LogP) is 8.66. The van der Waals surface area contributed by atoms with Gasteiger partial charge in [-0.2, -0.15) is 0 Å². The maximum Gasteiger partial charge on any atom is 0.407 e. The molecule has 1 saturated carbocycles. The van der Waals surface area contributed by atoms with E-state index in [1.807, 2.05) is 86.9 Å². The predicted molar refractivity (Wildman–Crippen MR) is 265 cm³/mol. The molecule has 2 aromatic heterocycles. The molecule has 360 valence electrons. The van der Waals surface area contributed by atoms with Crippen LogP contribution in [-0.4, -0.2) is 104 Å². The van der Waals surface area contributed by atoms with Crippen molar-refractivity contribution < 1.29 is 33.7 Å². The van der Waals surface area contributed by atoms with Crippen LogP contribution in [0.15, 0.2) is 91.0 Å². The Balaban J connectivity index is 0.922. The lowest BCUT2D eigenvalue weighted by molar-refractivity contribution is -0.188. The topological polar surface area (TPSA) is 187 Å². The van der Waals surface area contributed by atoms with E-state index in [0.29, 0.717) is 42.8 Å². The van der Waals surface area contributed by atoms with Crippen LogP contribution in [0, 0.1) is 23.7 Å². The Morgan fingerprint density at radius 3 is 1.99 bits per heavy atom. The molecule has 1 unspecified atom stereocenters. The molecule has 10 rings (SSSR count). The lowest BCUT2D eigenvalue weighted by atomic mass is 9.98. The summed E-state index contributed by atoms with van der Waals surface area (Å²) in [6.45, 7) is 12.6. The summed E-state index contributed by atoms with van der Waals surface area (Å²) in [5.41, 5.74) is 5.67. The second kappa shape index (κ2) is 18.2. The van der Waals surface area contributed by atoms with E-state index < -0.39 is 30.2 Å². The number of aliphatic hydroxyl groups excluding tert-OH is 1. The first-order valence-electron chi connectivity index (χ1n) is 24.1. The molecule has 3 aliphatic rings. The Morgan fingerprint density at radius 1 is 0.812 bits per heavy atom. The molecule has 1 aliphatic carbocycles. The number of likely N-dealkylation sites (tertiary alicyclic amines) is 2. The Kier molecular flexibility index (Phi) is 12.2. The molecule has 5 N–H and O–H groups in total. The molecule has 15 nitrogen and oxygen atoms in total. The molecule has 3 amide bonds. The van der Waals surface area contributed by atoms with E-state index in [1.54, 1.807) is 7.11 Å². The fourth-order valence-corrected chi connectivity index (χ4v) is 11.1. The number of imidazole rings is 2. The second-order valence-corrected chi connectivity index (χ2v) is 20.6. The third kappa shape index (κ3) is 8.81. The maximum absolute atomic E-state index is 14.7. The normalized spacial score (nSPS) is 22.7. The number of carbonyl (C=O) groups excluding carboxylic acids is 3. The van der Waals surface area contributed by atoms with Crippen molar-refractivity contribution in [2.45, 2.75) is 96.6 Å². The van der Waals surface area contributed by atoms with Crippen molar-refractivity contribution in [3.8, 4) is 11.1 Å². The third-order valence-corrected chi connectivity index (χ3v) is 14.5. The van der Waals surface area contributed by atoms with Crippen LogP contribution in [0.1, 0.15) is 89.7 Å². The van der Waals surface area contributed by atoms with Crippen LogP contribution in [0.5, 0.6) is 0 Å². The minimum atomic E-state index is -1.38. The van der Waals surface area contributed by atoms with E-state index in [0.717, 1.165) is 67.0 Å². The van der Waals surface area contributed by atoms with Gasteiger partial charge in [0.25, 0.3) is 0 Å². The van der Waals surface area contributed by atoms with E-state index in [1.165, 1.54) is 7.11 Å². The van der Waals surface area contributed by atoms with Gasteiger partial charge in [0.2, 0.25) is 18.2 Å². The van der Waals surface area contributed by atoms with Gasteiger partial charge in [0.1, 0.15) is 23.7 Å². The van der Waals surface area contributed by atoms with Crippen LogP contribution in [0.25, 0.3) is 54.7 Å². The molecule has 7 aromatic rings. The minimum Gasteiger partial charge on any atom is -0.453 e. The SMILES string of the molecule is COC[C@H]1C[C@@H](c2nc3ccc4cc(-c5ccc6c(ccc7nc([C@@H]8C[C@H]9[C@@H](C)[C@H]9N8C(=O)[C@@H](NC(=O)OC)C(C)C)[nH]c76)c5)ccc4c3[nH]2)N(C(=O)[C@H](NC(O)OC(C)(C)C)c2ccccc2)C1. The molecular formula is C54H62N8O7. The number of rotatable bonds is 13. The molecule has 2 aliphatic heterocycles. The van der Waals surface area contributed by atoms with Crippen LogP contribution >= 0.6 is 0 Å². The molecule has 9 atom stereocenters. The van der Waals surface area contributed by atoms with Gasteiger partial charge in [-0.05, 0) is 103 Å². The largest absolute Gasteiger partial charge is 0.453 e. The number of fused-ring (bicyclic) bond motifs is 7. The van der Waals surface area contributed by atoms with Gasteiger partial charge in [-0.15, -0.1) is 0 Å². The van der Waals surface area contributed by atoms with Crippen LogP contribution < -0.4 is 10.6 Å². The molecule has 69 heavy (non-hydrogen) atoms. The number of aromatic amines is 2. The number of amides is 3. The number of nitrogens with one attached hydrogen (secondary N) is 4. The molecule has 0 spiro atoms. The summed E-state index contributed by atoms with van der Waals surface area (Å²) in [5, 5.41) is 21.0. The lowest BCUT2D eigenvalue weighted by Gasteiger charge is -2.32. The first kappa shape index (κ1) is 46.3. The number of hydrogen-bond donors (Lipinski definition) is 5. The van der Waals surface area contributed by atoms with Gasteiger partial charge in [0.15, 0.2) is 0 Å². The van der Waals surface area contributed by atoms with E-state index in [4.69, 9.17) is 24.2 Å². The molecule has 0 bridgehead atoms. The van der Waals surface area contributed by atoms with Crippen molar-refractivity contribution >= 4 is 61.5 Å². The average molecular weight is 935 g/mol. The van der Waals surface area contributed by atoms with Crippen molar-refractivity contribution in [2.75, 3.05) is 27.4 Å². The monoisotopic (exact) mass is 934 g/mol. The number of methoxy groups -OCH3 is 2. The zero-order chi connectivity index (χ0) is 48.5. The van der Waals surface area contributed by atoms with E-state index >= 15 is 0 Å². The number of aromatic nitrogens is 4. The zero-order valence-corrected chi connectivity index (χ0v) is 40.4. The number of piperidine rings is 1. The number of aliphatic hydroxyl groups is 1. The zero-order valence-electron chi connectivity index (χ0n) is 40.4. The number of benzene rings is 5. The van der Waals surface area contributed by atoms with E-state index in [-0.39, 0.29) is 41.8 Å². The number of nitrogens with zero attached hydrogens (tertiary/aromatic N) is 4. The molecule has 3 fully saturated rings. The number of H-pyrrole nitrogens is 2. The number of ether oxygens (including phenoxy) is 3. The van der Waals surface area contributed by atoms with Crippen LogP contribution in [-0.2, 0) is 23.8 Å². The van der Waals surface area contributed by atoms with Crippen LogP contribution in [0.4, 0.5) is 4.79 Å². The van der Waals surface area contributed by atoms with Crippen molar-refractivity contribution in [1.82, 2.24) is 40.4 Å². The summed E-state index contributed by atoms with van der Waals surface area (Å²) in [6.07, 6.45) is -0.519. The highest BCUT2D eigenvalue weighted by Crippen LogP contribution is 2.57. The molecule has 5 aromatic carbocycles. The highest BCUT2D eigenvalue weighted by molar-refractivity contribution is 6.07. The molecule has 4 heterocycles. The quantitative estimate of drug-likeness (QED) is 0.0701. The first-order chi connectivity index (χ1) is 33.1. The van der Waals surface area contributed by atoms with Gasteiger partial charge in [-0.3, -0.25) is 14.9 Å². The van der Waals surface area contributed by atoms with Gasteiger partial charge in [-0.25, -0.2) is 14.8 Å². The van der Waals surface area contributed by atoms with Gasteiger partial charge in [-0.1, -0.05) is 87.5 Å². The fourth-order valence-electron chi connectivity index (χ4n) is 11.1. The Bertz CT molecular complexity index is 3070. The summed E-state index contributed by atoms with van der Waals surface area (Å²) in [5.74, 6) is 1.91. The number of carbonyl (C=O) groups is 3. The number of alkyl carbamates (subject to hydrolysis) is 1. The average Bonchev–Trinajstić information content (AvgIpc) is 3.93. The number of hydrogen-bond acceptors (Lipinski definition) is 10.